The Bertz CT molecular complexity index is 592. The van der Waals surface area contributed by atoms with Gasteiger partial charge in [0.15, 0.2) is 0 Å². The van der Waals surface area contributed by atoms with Gasteiger partial charge in [0.2, 0.25) is 0 Å². The van der Waals surface area contributed by atoms with Crippen LogP contribution in [0.15, 0.2) is 53.7 Å². The fourth-order valence-electron chi connectivity index (χ4n) is 1.35. The lowest BCUT2D eigenvalue weighted by molar-refractivity contribution is 0.601. The van der Waals surface area contributed by atoms with E-state index < -0.39 is 10.0 Å². The first-order valence-electron chi connectivity index (χ1n) is 5.07. The van der Waals surface area contributed by atoms with Gasteiger partial charge >= 0.3 is 0 Å². The molecule has 0 saturated carbocycles. The molecule has 0 atom stereocenters. The summed E-state index contributed by atoms with van der Waals surface area (Å²) in [6, 6.07) is 10.0. The summed E-state index contributed by atoms with van der Waals surface area (Å²) in [5.41, 5.74) is 1.47. The number of rotatable bonds is 3. The predicted octanol–water partition coefficient (Wildman–Crippen LogP) is 2.19. The van der Waals surface area contributed by atoms with Gasteiger partial charge in [-0.3, -0.25) is 9.71 Å². The van der Waals surface area contributed by atoms with E-state index >= 15 is 0 Å². The molecule has 0 radical (unpaired) electrons. The maximum Gasteiger partial charge on any atom is 0.261 e. The Labute approximate surface area is 100 Å². The SMILES string of the molecule is Cc1ccc(S(=O)(=O)Nc2cccnc2)cc1. The van der Waals surface area contributed by atoms with E-state index in [1.165, 1.54) is 6.20 Å². The number of hydrogen-bond donors (Lipinski definition) is 1. The molecule has 88 valence electrons. The second kappa shape index (κ2) is 4.55. The molecule has 1 aromatic heterocycles. The lowest BCUT2D eigenvalue weighted by Gasteiger charge is -2.07. The van der Waals surface area contributed by atoms with Gasteiger partial charge in [-0.05, 0) is 31.2 Å². The molecule has 0 aliphatic heterocycles. The predicted molar refractivity (Wildman–Crippen MR) is 66.2 cm³/mol. The van der Waals surface area contributed by atoms with Crippen molar-refractivity contribution in [3.8, 4) is 0 Å². The van der Waals surface area contributed by atoms with Gasteiger partial charge in [0.05, 0.1) is 16.8 Å². The van der Waals surface area contributed by atoms with Crippen molar-refractivity contribution in [3.63, 3.8) is 0 Å². The molecular weight excluding hydrogens is 236 g/mol. The van der Waals surface area contributed by atoms with Crippen molar-refractivity contribution in [2.75, 3.05) is 4.72 Å². The quantitative estimate of drug-likeness (QED) is 0.905. The van der Waals surface area contributed by atoms with Gasteiger partial charge in [0.1, 0.15) is 0 Å². The summed E-state index contributed by atoms with van der Waals surface area (Å²) in [5.74, 6) is 0. The molecular formula is C12H12N2O2S. The molecule has 4 nitrogen and oxygen atoms in total. The molecule has 0 amide bonds. The van der Waals surface area contributed by atoms with Crippen molar-refractivity contribution >= 4 is 15.7 Å². The Morgan fingerprint density at radius 3 is 2.41 bits per heavy atom. The minimum absolute atomic E-state index is 0.243. The van der Waals surface area contributed by atoms with Crippen LogP contribution in [0, 0.1) is 6.92 Å². The number of nitrogens with one attached hydrogen (secondary N) is 1. The molecule has 17 heavy (non-hydrogen) atoms. The Kier molecular flexibility index (Phi) is 3.10. The molecule has 2 rings (SSSR count). The first kappa shape index (κ1) is 11.6. The zero-order chi connectivity index (χ0) is 12.3. The van der Waals surface area contributed by atoms with Crippen LogP contribution in [0.5, 0.6) is 0 Å². The van der Waals surface area contributed by atoms with Crippen molar-refractivity contribution in [2.24, 2.45) is 0 Å². The van der Waals surface area contributed by atoms with E-state index in [-0.39, 0.29) is 4.90 Å². The highest BCUT2D eigenvalue weighted by Gasteiger charge is 2.13. The van der Waals surface area contributed by atoms with Gasteiger partial charge in [-0.1, -0.05) is 17.7 Å². The molecule has 0 aliphatic rings. The molecule has 0 spiro atoms. The van der Waals surface area contributed by atoms with Crippen molar-refractivity contribution in [3.05, 3.63) is 54.4 Å². The highest BCUT2D eigenvalue weighted by Crippen LogP contribution is 2.15. The summed E-state index contributed by atoms with van der Waals surface area (Å²) in [6.07, 6.45) is 3.05. The topological polar surface area (TPSA) is 59.1 Å². The zero-order valence-corrected chi connectivity index (χ0v) is 10.1. The Balaban J connectivity index is 2.29. The molecule has 1 heterocycles. The van der Waals surface area contributed by atoms with Gasteiger partial charge in [-0.15, -0.1) is 0 Å². The summed E-state index contributed by atoms with van der Waals surface area (Å²) in [4.78, 5) is 4.09. The molecule has 5 heteroatoms. The van der Waals surface area contributed by atoms with Gasteiger partial charge in [0.25, 0.3) is 10.0 Å². The first-order valence-corrected chi connectivity index (χ1v) is 6.56. The lowest BCUT2D eigenvalue weighted by atomic mass is 10.2. The number of nitrogens with zero attached hydrogens (tertiary/aromatic N) is 1. The fourth-order valence-corrected chi connectivity index (χ4v) is 2.40. The highest BCUT2D eigenvalue weighted by molar-refractivity contribution is 7.92. The van der Waals surface area contributed by atoms with Crippen LogP contribution in [0.3, 0.4) is 0 Å². The summed E-state index contributed by atoms with van der Waals surface area (Å²) in [6.45, 7) is 1.91. The summed E-state index contributed by atoms with van der Waals surface area (Å²) < 4.78 is 26.4. The van der Waals surface area contributed by atoms with Crippen LogP contribution in [0.25, 0.3) is 0 Å². The summed E-state index contributed by atoms with van der Waals surface area (Å²) >= 11 is 0. The second-order valence-corrected chi connectivity index (χ2v) is 5.34. The average Bonchev–Trinajstić information content (AvgIpc) is 2.30. The number of benzene rings is 1. The van der Waals surface area contributed by atoms with Crippen molar-refractivity contribution < 1.29 is 8.42 Å². The summed E-state index contributed by atoms with van der Waals surface area (Å²) in [7, 11) is -3.52. The third kappa shape index (κ3) is 2.82. The van der Waals surface area contributed by atoms with E-state index in [0.717, 1.165) is 5.56 Å². The second-order valence-electron chi connectivity index (χ2n) is 3.66. The van der Waals surface area contributed by atoms with Crippen molar-refractivity contribution in [2.45, 2.75) is 11.8 Å². The number of aryl methyl sites for hydroxylation is 1. The minimum Gasteiger partial charge on any atom is -0.278 e. The molecule has 1 N–H and O–H groups in total. The van der Waals surface area contributed by atoms with Crippen LogP contribution in [0.2, 0.25) is 0 Å². The van der Waals surface area contributed by atoms with Crippen LogP contribution in [-0.4, -0.2) is 13.4 Å². The van der Waals surface area contributed by atoms with Crippen LogP contribution in [0.1, 0.15) is 5.56 Å². The highest BCUT2D eigenvalue weighted by atomic mass is 32.2. The Hall–Kier alpha value is -1.88. The Morgan fingerprint density at radius 1 is 1.12 bits per heavy atom. The van der Waals surface area contributed by atoms with E-state index in [9.17, 15) is 8.42 Å². The number of sulfonamides is 1. The molecule has 2 aromatic rings. The lowest BCUT2D eigenvalue weighted by Crippen LogP contribution is -2.12. The molecule has 0 aliphatic carbocycles. The van der Waals surface area contributed by atoms with Crippen molar-refractivity contribution in [1.82, 2.24) is 4.98 Å². The van der Waals surface area contributed by atoms with E-state index in [1.807, 2.05) is 6.92 Å². The standard InChI is InChI=1S/C12H12N2O2S/c1-10-4-6-12(7-5-10)17(15,16)14-11-3-2-8-13-9-11/h2-9,14H,1H3. The maximum absolute atomic E-state index is 12.0. The van der Waals surface area contributed by atoms with Gasteiger partial charge in [-0.2, -0.15) is 0 Å². The number of anilines is 1. The van der Waals surface area contributed by atoms with Crippen LogP contribution >= 0.6 is 0 Å². The summed E-state index contributed by atoms with van der Waals surface area (Å²) in [5, 5.41) is 0. The molecule has 0 saturated heterocycles. The average molecular weight is 248 g/mol. The molecule has 0 unspecified atom stereocenters. The molecule has 1 aromatic carbocycles. The van der Waals surface area contributed by atoms with Gasteiger partial charge in [-0.25, -0.2) is 8.42 Å². The Morgan fingerprint density at radius 2 is 1.82 bits per heavy atom. The van der Waals surface area contributed by atoms with E-state index in [4.69, 9.17) is 0 Å². The largest absolute Gasteiger partial charge is 0.278 e. The van der Waals surface area contributed by atoms with Crippen LogP contribution < -0.4 is 4.72 Å². The first-order chi connectivity index (χ1) is 8.08. The van der Waals surface area contributed by atoms with E-state index in [1.54, 1.807) is 42.6 Å². The number of pyridine rings is 1. The fraction of sp³-hybridized carbons (Fsp3) is 0.0833. The third-order valence-corrected chi connectivity index (χ3v) is 3.64. The number of hydrogen-bond acceptors (Lipinski definition) is 3. The maximum atomic E-state index is 12.0. The van der Waals surface area contributed by atoms with Gasteiger partial charge in [0, 0.05) is 6.20 Å². The number of aromatic nitrogens is 1. The molecule has 0 bridgehead atoms. The monoisotopic (exact) mass is 248 g/mol. The van der Waals surface area contributed by atoms with Gasteiger partial charge < -0.3 is 0 Å². The smallest absolute Gasteiger partial charge is 0.261 e. The third-order valence-electron chi connectivity index (χ3n) is 2.25. The normalized spacial score (nSPS) is 11.1. The van der Waals surface area contributed by atoms with Crippen molar-refractivity contribution in [1.29, 1.82) is 0 Å². The minimum atomic E-state index is -3.52. The van der Waals surface area contributed by atoms with Crippen LogP contribution in [-0.2, 0) is 10.0 Å². The van der Waals surface area contributed by atoms with E-state index in [2.05, 4.69) is 9.71 Å². The zero-order valence-electron chi connectivity index (χ0n) is 9.29. The van der Waals surface area contributed by atoms with E-state index in [0.29, 0.717) is 5.69 Å². The molecule has 0 fully saturated rings. The van der Waals surface area contributed by atoms with Crippen LogP contribution in [0.4, 0.5) is 5.69 Å².